The Balaban J connectivity index is 1.58. The maximum absolute atomic E-state index is 13.9. The second kappa shape index (κ2) is 10.5. The van der Waals surface area contributed by atoms with Crippen LogP contribution in [0.5, 0.6) is 0 Å². The Morgan fingerprint density at radius 2 is 1.88 bits per heavy atom. The SMILES string of the molecule is CCCNC(=O)[C@@H]1[C@H]2C(=O)N([C@@H](CO)C(C)C)C(C(=O)NCCN3CCOCC3)C23CC[C@H]1O3. The monoisotopic (exact) mass is 480 g/mol. The minimum Gasteiger partial charge on any atom is -0.394 e. The number of aliphatic hydroxyl groups is 1. The van der Waals surface area contributed by atoms with E-state index in [4.69, 9.17) is 9.47 Å². The average Bonchev–Trinajstić information content (AvgIpc) is 3.46. The fraction of sp³-hybridized carbons (Fsp3) is 0.875. The summed E-state index contributed by atoms with van der Waals surface area (Å²) in [6.45, 7) is 10.3. The first kappa shape index (κ1) is 25.3. The Morgan fingerprint density at radius 3 is 2.53 bits per heavy atom. The molecule has 10 heteroatoms. The minimum atomic E-state index is -1.03. The summed E-state index contributed by atoms with van der Waals surface area (Å²) in [5, 5.41) is 16.1. The van der Waals surface area contributed by atoms with E-state index in [2.05, 4.69) is 15.5 Å². The highest BCUT2D eigenvalue weighted by molar-refractivity contribution is 5.99. The van der Waals surface area contributed by atoms with Gasteiger partial charge in [-0.05, 0) is 25.2 Å². The molecule has 0 aromatic rings. The third-order valence-electron chi connectivity index (χ3n) is 7.98. The molecule has 4 rings (SSSR count). The maximum atomic E-state index is 13.9. The number of fused-ring (bicyclic) bond motifs is 1. The summed E-state index contributed by atoms with van der Waals surface area (Å²) in [7, 11) is 0. The number of hydrogen-bond donors (Lipinski definition) is 3. The number of likely N-dealkylation sites (tertiary alicyclic amines) is 1. The van der Waals surface area contributed by atoms with Crippen molar-refractivity contribution in [3.8, 4) is 0 Å². The Kier molecular flexibility index (Phi) is 7.81. The molecule has 2 unspecified atom stereocenters. The first-order chi connectivity index (χ1) is 16.4. The lowest BCUT2D eigenvalue weighted by Crippen LogP contribution is -2.59. The molecule has 4 saturated heterocycles. The number of amides is 3. The van der Waals surface area contributed by atoms with E-state index < -0.39 is 29.5 Å². The predicted molar refractivity (Wildman–Crippen MR) is 124 cm³/mol. The first-order valence-corrected chi connectivity index (χ1v) is 12.8. The molecule has 4 aliphatic rings. The molecule has 6 atom stereocenters. The number of hydrogen-bond acceptors (Lipinski definition) is 7. The highest BCUT2D eigenvalue weighted by Crippen LogP contribution is 2.58. The van der Waals surface area contributed by atoms with E-state index in [0.717, 1.165) is 19.5 Å². The van der Waals surface area contributed by atoms with Crippen LogP contribution in [-0.2, 0) is 23.9 Å². The van der Waals surface area contributed by atoms with E-state index in [1.54, 1.807) is 4.90 Å². The van der Waals surface area contributed by atoms with Gasteiger partial charge in [-0.3, -0.25) is 19.3 Å². The van der Waals surface area contributed by atoms with Crippen LogP contribution in [0.1, 0.15) is 40.0 Å². The molecule has 0 saturated carbocycles. The van der Waals surface area contributed by atoms with Gasteiger partial charge in [-0.15, -0.1) is 0 Å². The molecule has 4 heterocycles. The van der Waals surface area contributed by atoms with Crippen molar-refractivity contribution in [3.05, 3.63) is 0 Å². The lowest BCUT2D eigenvalue weighted by atomic mass is 9.70. The van der Waals surface area contributed by atoms with Gasteiger partial charge in [0.05, 0.1) is 43.8 Å². The van der Waals surface area contributed by atoms with Gasteiger partial charge in [-0.25, -0.2) is 0 Å². The van der Waals surface area contributed by atoms with Crippen LogP contribution in [0.25, 0.3) is 0 Å². The van der Waals surface area contributed by atoms with Crippen molar-refractivity contribution in [2.24, 2.45) is 17.8 Å². The van der Waals surface area contributed by atoms with E-state index in [1.165, 1.54) is 0 Å². The Hall–Kier alpha value is -1.75. The summed E-state index contributed by atoms with van der Waals surface area (Å²) in [5.41, 5.74) is -1.03. The van der Waals surface area contributed by atoms with Gasteiger partial charge in [0.15, 0.2) is 0 Å². The third-order valence-corrected chi connectivity index (χ3v) is 7.98. The topological polar surface area (TPSA) is 120 Å². The Morgan fingerprint density at radius 1 is 1.18 bits per heavy atom. The first-order valence-electron chi connectivity index (χ1n) is 12.8. The quantitative estimate of drug-likeness (QED) is 0.380. The van der Waals surface area contributed by atoms with Gasteiger partial charge in [-0.2, -0.15) is 0 Å². The lowest BCUT2D eigenvalue weighted by molar-refractivity contribution is -0.146. The Bertz CT molecular complexity index is 773. The minimum absolute atomic E-state index is 0.0580. The molecule has 3 amide bonds. The standard InChI is InChI=1S/C24H40N4O6/c1-4-7-25-21(30)18-17-5-6-24(34-17)19(18)23(32)28(16(14-29)15(2)3)20(24)22(31)26-8-9-27-10-12-33-13-11-27/h15-20,29H,4-14H2,1-3H3,(H,25,30)(H,26,31)/t16-,17+,18-,19-,20?,24?/m0/s1. The highest BCUT2D eigenvalue weighted by Gasteiger charge is 2.75. The molecule has 192 valence electrons. The molecular weight excluding hydrogens is 440 g/mol. The largest absolute Gasteiger partial charge is 0.394 e. The van der Waals surface area contributed by atoms with Gasteiger partial charge >= 0.3 is 0 Å². The summed E-state index contributed by atoms with van der Waals surface area (Å²) in [6.07, 6.45) is 1.64. The number of rotatable bonds is 10. The predicted octanol–water partition coefficient (Wildman–Crippen LogP) is -0.647. The summed E-state index contributed by atoms with van der Waals surface area (Å²) < 4.78 is 11.8. The smallest absolute Gasteiger partial charge is 0.245 e. The number of ether oxygens (including phenoxy) is 2. The van der Waals surface area contributed by atoms with Gasteiger partial charge in [0.25, 0.3) is 0 Å². The van der Waals surface area contributed by atoms with Crippen molar-refractivity contribution in [2.45, 2.75) is 63.8 Å². The van der Waals surface area contributed by atoms with Crippen LogP contribution in [0.4, 0.5) is 0 Å². The molecule has 1 spiro atoms. The molecule has 2 bridgehead atoms. The number of aliphatic hydroxyl groups excluding tert-OH is 1. The summed E-state index contributed by atoms with van der Waals surface area (Å²) in [5.74, 6) is -2.06. The third kappa shape index (κ3) is 4.34. The summed E-state index contributed by atoms with van der Waals surface area (Å²) in [6, 6.07) is -1.38. The van der Waals surface area contributed by atoms with Crippen LogP contribution in [0.3, 0.4) is 0 Å². The van der Waals surface area contributed by atoms with Crippen LogP contribution >= 0.6 is 0 Å². The van der Waals surface area contributed by atoms with Gasteiger partial charge in [0.1, 0.15) is 11.6 Å². The van der Waals surface area contributed by atoms with E-state index >= 15 is 0 Å². The van der Waals surface area contributed by atoms with Gasteiger partial charge in [0.2, 0.25) is 17.7 Å². The normalized spacial score (nSPS) is 33.9. The number of carbonyl (C=O) groups is 3. The van der Waals surface area contributed by atoms with E-state index in [-0.39, 0.29) is 36.4 Å². The lowest BCUT2D eigenvalue weighted by Gasteiger charge is -2.38. The second-order valence-electron chi connectivity index (χ2n) is 10.3. The highest BCUT2D eigenvalue weighted by atomic mass is 16.5. The molecule has 0 aromatic heterocycles. The van der Waals surface area contributed by atoms with Crippen LogP contribution in [0, 0.1) is 17.8 Å². The molecule has 34 heavy (non-hydrogen) atoms. The molecule has 0 aliphatic carbocycles. The fourth-order valence-corrected chi connectivity index (χ4v) is 6.29. The van der Waals surface area contributed by atoms with Crippen LogP contribution < -0.4 is 10.6 Å². The van der Waals surface area contributed by atoms with Gasteiger partial charge in [0, 0.05) is 32.7 Å². The van der Waals surface area contributed by atoms with Crippen LogP contribution in [-0.4, -0.2) is 109 Å². The van der Waals surface area contributed by atoms with Crippen LogP contribution in [0.15, 0.2) is 0 Å². The van der Waals surface area contributed by atoms with Crippen molar-refractivity contribution in [3.63, 3.8) is 0 Å². The van der Waals surface area contributed by atoms with Gasteiger partial charge < -0.3 is 30.1 Å². The summed E-state index contributed by atoms with van der Waals surface area (Å²) >= 11 is 0. The molecular formula is C24H40N4O6. The molecule has 0 aromatic carbocycles. The zero-order chi connectivity index (χ0) is 24.5. The van der Waals surface area contributed by atoms with Crippen molar-refractivity contribution < 1.29 is 29.0 Å². The number of carbonyl (C=O) groups excluding carboxylic acids is 3. The van der Waals surface area contributed by atoms with Crippen molar-refractivity contribution >= 4 is 17.7 Å². The van der Waals surface area contributed by atoms with E-state index in [1.807, 2.05) is 20.8 Å². The number of nitrogens with one attached hydrogen (secondary N) is 2. The summed E-state index contributed by atoms with van der Waals surface area (Å²) in [4.78, 5) is 44.3. The zero-order valence-electron chi connectivity index (χ0n) is 20.6. The number of nitrogens with zero attached hydrogens (tertiary/aromatic N) is 2. The van der Waals surface area contributed by atoms with Crippen molar-refractivity contribution in [1.29, 1.82) is 0 Å². The van der Waals surface area contributed by atoms with Gasteiger partial charge in [-0.1, -0.05) is 20.8 Å². The molecule has 10 nitrogen and oxygen atoms in total. The van der Waals surface area contributed by atoms with Crippen molar-refractivity contribution in [2.75, 3.05) is 52.5 Å². The Labute approximate surface area is 201 Å². The second-order valence-corrected chi connectivity index (χ2v) is 10.3. The van der Waals surface area contributed by atoms with Crippen molar-refractivity contribution in [1.82, 2.24) is 20.4 Å². The van der Waals surface area contributed by atoms with E-state index in [9.17, 15) is 19.5 Å². The number of morpholine rings is 1. The molecule has 0 radical (unpaired) electrons. The molecule has 3 N–H and O–H groups in total. The zero-order valence-corrected chi connectivity index (χ0v) is 20.6. The van der Waals surface area contributed by atoms with E-state index in [0.29, 0.717) is 45.7 Å². The molecule has 4 aliphatic heterocycles. The average molecular weight is 481 g/mol. The van der Waals surface area contributed by atoms with Crippen LogP contribution in [0.2, 0.25) is 0 Å². The maximum Gasteiger partial charge on any atom is 0.245 e. The molecule has 4 fully saturated rings. The fourth-order valence-electron chi connectivity index (χ4n) is 6.29.